The summed E-state index contributed by atoms with van der Waals surface area (Å²) in [6.07, 6.45) is 4.17. The molecule has 0 radical (unpaired) electrons. The second-order valence-electron chi connectivity index (χ2n) is 8.76. The highest BCUT2D eigenvalue weighted by Gasteiger charge is 2.17. The number of nitrogens with one attached hydrogen (secondary N) is 1. The van der Waals surface area contributed by atoms with Crippen molar-refractivity contribution in [2.75, 3.05) is 11.9 Å². The fourth-order valence-electron chi connectivity index (χ4n) is 3.95. The number of esters is 1. The van der Waals surface area contributed by atoms with Gasteiger partial charge in [-0.25, -0.2) is 27.8 Å². The van der Waals surface area contributed by atoms with Gasteiger partial charge >= 0.3 is 11.6 Å². The largest absolute Gasteiger partial charge is 0.452 e. The summed E-state index contributed by atoms with van der Waals surface area (Å²) in [5, 5.41) is 12.8. The van der Waals surface area contributed by atoms with Crippen LogP contribution in [0.4, 0.5) is 5.69 Å². The van der Waals surface area contributed by atoms with E-state index in [1.807, 2.05) is 36.4 Å². The molecule has 0 atom stereocenters. The molecule has 0 aliphatic carbocycles. The van der Waals surface area contributed by atoms with Crippen LogP contribution in [0.3, 0.4) is 0 Å². The highest BCUT2D eigenvalue weighted by Crippen LogP contribution is 2.25. The normalized spacial score (nSPS) is 11.5. The summed E-state index contributed by atoms with van der Waals surface area (Å²) < 4.78 is 35.1. The van der Waals surface area contributed by atoms with E-state index in [0.717, 1.165) is 11.8 Å². The number of carbonyl (C=O) groups is 2. The highest BCUT2D eigenvalue weighted by atomic mass is 32.2. The summed E-state index contributed by atoms with van der Waals surface area (Å²) in [6, 6.07) is 23.3. The molecule has 0 saturated heterocycles. The molecule has 0 bridgehead atoms. The molecule has 12 heteroatoms. The Labute approximate surface area is 233 Å². The molecule has 5 aromatic rings. The smallest absolute Gasteiger partial charge is 0.345 e. The first kappa shape index (κ1) is 27.2. The highest BCUT2D eigenvalue weighted by molar-refractivity contribution is 7.89. The van der Waals surface area contributed by atoms with Gasteiger partial charge in [0.05, 0.1) is 16.1 Å². The molecule has 0 saturated carbocycles. The van der Waals surface area contributed by atoms with Crippen LogP contribution in [0.25, 0.3) is 34.0 Å². The van der Waals surface area contributed by atoms with Crippen LogP contribution < -0.4 is 16.1 Å². The van der Waals surface area contributed by atoms with Gasteiger partial charge in [0, 0.05) is 28.9 Å². The average Bonchev–Trinajstić information content (AvgIpc) is 3.39. The number of aromatic nitrogens is 2. The van der Waals surface area contributed by atoms with Crippen molar-refractivity contribution in [2.24, 2.45) is 5.14 Å². The number of para-hydroxylation sites is 2. The number of rotatable bonds is 8. The molecule has 3 N–H and O–H groups in total. The van der Waals surface area contributed by atoms with Crippen molar-refractivity contribution >= 4 is 44.6 Å². The Morgan fingerprint density at radius 2 is 1.76 bits per heavy atom. The molecule has 11 nitrogen and oxygen atoms in total. The lowest BCUT2D eigenvalue weighted by atomic mass is 10.1. The molecular formula is C29H22N4O7S. The molecule has 41 heavy (non-hydrogen) atoms. The number of carbonyl (C=O) groups excluding carboxylic acids is 2. The molecule has 0 aliphatic rings. The first-order valence-electron chi connectivity index (χ1n) is 12.1. The van der Waals surface area contributed by atoms with Crippen LogP contribution in [0.15, 0.2) is 111 Å². The SMILES string of the molecule is NS(=O)(=O)c1cccc(NC(=O)COC(=O)C=Cc2cn(-c3ccccc3)nc2-c2cc3ccccc3oc2=O)c1. The predicted molar refractivity (Wildman–Crippen MR) is 151 cm³/mol. The minimum absolute atomic E-state index is 0.167. The Morgan fingerprint density at radius 3 is 2.54 bits per heavy atom. The number of hydrogen-bond acceptors (Lipinski definition) is 8. The lowest BCUT2D eigenvalue weighted by molar-refractivity contribution is -0.142. The standard InChI is InChI=1S/C29H22N4O7S/c30-41(37,38)23-11-6-8-21(16-23)31-26(34)18-39-27(35)14-13-20-17-33(22-9-2-1-3-10-22)32-28(20)24-15-19-7-4-5-12-25(19)40-29(24)36/h1-17H,18H2,(H,31,34)(H2,30,37,38). The fraction of sp³-hybridized carbons (Fsp3) is 0.0345. The molecule has 0 spiro atoms. The fourth-order valence-corrected chi connectivity index (χ4v) is 4.51. The van der Waals surface area contributed by atoms with Crippen LogP contribution >= 0.6 is 0 Å². The van der Waals surface area contributed by atoms with Crippen molar-refractivity contribution in [1.29, 1.82) is 0 Å². The Morgan fingerprint density at radius 1 is 1.00 bits per heavy atom. The van der Waals surface area contributed by atoms with Crippen LogP contribution in [-0.4, -0.2) is 36.7 Å². The van der Waals surface area contributed by atoms with E-state index < -0.39 is 34.1 Å². The zero-order valence-electron chi connectivity index (χ0n) is 21.3. The van der Waals surface area contributed by atoms with Crippen LogP contribution in [-0.2, 0) is 24.3 Å². The van der Waals surface area contributed by atoms with Crippen molar-refractivity contribution in [2.45, 2.75) is 4.90 Å². The van der Waals surface area contributed by atoms with E-state index in [4.69, 9.17) is 14.3 Å². The molecule has 3 aromatic carbocycles. The van der Waals surface area contributed by atoms with Crippen molar-refractivity contribution in [1.82, 2.24) is 9.78 Å². The van der Waals surface area contributed by atoms with E-state index in [2.05, 4.69) is 10.4 Å². The van der Waals surface area contributed by atoms with Crippen LogP contribution in [0.1, 0.15) is 5.56 Å². The van der Waals surface area contributed by atoms with Gasteiger partial charge in [-0.3, -0.25) is 4.79 Å². The molecule has 1 amide bonds. The van der Waals surface area contributed by atoms with Gasteiger partial charge in [0.25, 0.3) is 5.91 Å². The molecule has 206 valence electrons. The summed E-state index contributed by atoms with van der Waals surface area (Å²) in [5.41, 5.74) is 1.64. The van der Waals surface area contributed by atoms with Crippen molar-refractivity contribution in [3.05, 3.63) is 113 Å². The molecule has 0 unspecified atom stereocenters. The Balaban J connectivity index is 1.35. The minimum atomic E-state index is -3.95. The third kappa shape index (κ3) is 6.46. The molecule has 0 fully saturated rings. The van der Waals surface area contributed by atoms with Gasteiger partial charge in [0.15, 0.2) is 6.61 Å². The lowest BCUT2D eigenvalue weighted by Crippen LogP contribution is -2.20. The second kappa shape index (κ2) is 11.4. The molecule has 2 heterocycles. The monoisotopic (exact) mass is 570 g/mol. The van der Waals surface area contributed by atoms with E-state index in [0.29, 0.717) is 16.5 Å². The summed E-state index contributed by atoms with van der Waals surface area (Å²) in [4.78, 5) is 37.4. The number of amides is 1. The first-order valence-corrected chi connectivity index (χ1v) is 13.7. The summed E-state index contributed by atoms with van der Waals surface area (Å²) in [7, 11) is -3.95. The van der Waals surface area contributed by atoms with Gasteiger partial charge in [-0.15, -0.1) is 0 Å². The number of anilines is 1. The summed E-state index contributed by atoms with van der Waals surface area (Å²) in [6.45, 7) is -0.632. The maximum atomic E-state index is 12.9. The van der Waals surface area contributed by atoms with E-state index >= 15 is 0 Å². The van der Waals surface area contributed by atoms with Gasteiger partial charge in [0.1, 0.15) is 11.3 Å². The zero-order valence-corrected chi connectivity index (χ0v) is 22.1. The second-order valence-corrected chi connectivity index (χ2v) is 10.3. The van der Waals surface area contributed by atoms with Gasteiger partial charge in [-0.2, -0.15) is 5.10 Å². The summed E-state index contributed by atoms with van der Waals surface area (Å²) >= 11 is 0. The maximum Gasteiger partial charge on any atom is 0.345 e. The van der Waals surface area contributed by atoms with Gasteiger partial charge in [-0.1, -0.05) is 42.5 Å². The van der Waals surface area contributed by atoms with Crippen LogP contribution in [0, 0.1) is 0 Å². The van der Waals surface area contributed by atoms with E-state index in [1.165, 1.54) is 30.3 Å². The number of ether oxygens (including phenoxy) is 1. The lowest BCUT2D eigenvalue weighted by Gasteiger charge is -2.06. The van der Waals surface area contributed by atoms with Gasteiger partial charge < -0.3 is 14.5 Å². The van der Waals surface area contributed by atoms with E-state index in [9.17, 15) is 22.8 Å². The number of hydrogen-bond donors (Lipinski definition) is 2. The number of sulfonamides is 1. The number of nitrogens with two attached hydrogens (primary N) is 1. The first-order chi connectivity index (χ1) is 19.7. The van der Waals surface area contributed by atoms with Crippen molar-refractivity contribution in [3.63, 3.8) is 0 Å². The Bertz CT molecular complexity index is 1960. The Kier molecular flexibility index (Phi) is 7.59. The molecule has 5 rings (SSSR count). The number of fused-ring (bicyclic) bond motifs is 1. The summed E-state index contributed by atoms with van der Waals surface area (Å²) in [5.74, 6) is -1.52. The maximum absolute atomic E-state index is 12.9. The third-order valence-electron chi connectivity index (χ3n) is 5.85. The zero-order chi connectivity index (χ0) is 29.0. The van der Waals surface area contributed by atoms with Crippen LogP contribution in [0.5, 0.6) is 0 Å². The van der Waals surface area contributed by atoms with E-state index in [-0.39, 0.29) is 21.8 Å². The van der Waals surface area contributed by atoms with Gasteiger partial charge in [0.2, 0.25) is 10.0 Å². The number of nitrogens with zero attached hydrogens (tertiary/aromatic N) is 2. The average molecular weight is 571 g/mol. The third-order valence-corrected chi connectivity index (χ3v) is 6.76. The molecule has 2 aromatic heterocycles. The Hall–Kier alpha value is -5.33. The molecular weight excluding hydrogens is 548 g/mol. The number of primary sulfonamides is 1. The van der Waals surface area contributed by atoms with E-state index in [1.54, 1.807) is 35.1 Å². The van der Waals surface area contributed by atoms with Crippen molar-refractivity contribution in [3.8, 4) is 16.9 Å². The predicted octanol–water partition coefficient (Wildman–Crippen LogP) is 3.49. The van der Waals surface area contributed by atoms with Crippen LogP contribution in [0.2, 0.25) is 0 Å². The minimum Gasteiger partial charge on any atom is -0.452 e. The number of benzene rings is 3. The van der Waals surface area contributed by atoms with Crippen molar-refractivity contribution < 1.29 is 27.2 Å². The van der Waals surface area contributed by atoms with Gasteiger partial charge in [-0.05, 0) is 48.5 Å². The quantitative estimate of drug-likeness (QED) is 0.163. The topological polar surface area (TPSA) is 164 Å². The molecule has 0 aliphatic heterocycles.